The molecule has 0 N–H and O–H groups in total. The van der Waals surface area contributed by atoms with E-state index in [1.807, 2.05) is 0 Å². The van der Waals surface area contributed by atoms with Crippen LogP contribution in [0, 0.1) is 0 Å². The van der Waals surface area contributed by atoms with Gasteiger partial charge in [0.2, 0.25) is 5.43 Å². The van der Waals surface area contributed by atoms with Crippen LogP contribution in [-0.4, -0.2) is 20.2 Å². The Bertz CT molecular complexity index is 1460. The maximum absolute atomic E-state index is 13.4. The summed E-state index contributed by atoms with van der Waals surface area (Å²) in [6, 6.07) is 15.3. The van der Waals surface area contributed by atoms with E-state index >= 15 is 0 Å². The third-order valence-corrected chi connectivity index (χ3v) is 6.48. The Labute approximate surface area is 220 Å². The Morgan fingerprint density at radius 3 is 2.35 bits per heavy atom. The molecule has 192 valence electrons. The molecule has 0 amide bonds. The topological polar surface area (TPSA) is 75.0 Å². The maximum Gasteiger partial charge on any atom is 0.343 e. The van der Waals surface area contributed by atoms with Gasteiger partial charge in [0.1, 0.15) is 17.6 Å². The molecule has 0 radical (unpaired) electrons. The minimum atomic E-state index is -0.546. The Hall–Kier alpha value is -3.77. The second kappa shape index (κ2) is 12.0. The number of carbonyl (C=O) groups excluding carboxylic acids is 1. The minimum Gasteiger partial charge on any atom is -0.493 e. The fraction of sp³-hybridized carbons (Fsp3) is 0.267. The molecule has 1 heterocycles. The minimum absolute atomic E-state index is 0.156. The molecule has 6 nitrogen and oxygen atoms in total. The first kappa shape index (κ1) is 26.3. The van der Waals surface area contributed by atoms with E-state index in [0.29, 0.717) is 56.4 Å². The van der Waals surface area contributed by atoms with Gasteiger partial charge in [-0.15, -0.1) is 0 Å². The van der Waals surface area contributed by atoms with Crippen molar-refractivity contribution in [3.8, 4) is 28.4 Å². The molecular weight excluding hydrogens is 492 g/mol. The molecule has 0 bridgehead atoms. The van der Waals surface area contributed by atoms with E-state index in [0.717, 1.165) is 31.2 Å². The summed E-state index contributed by atoms with van der Waals surface area (Å²) in [6.45, 7) is 2.15. The highest BCUT2D eigenvalue weighted by Crippen LogP contribution is 2.31. The number of halogens is 1. The lowest BCUT2D eigenvalue weighted by molar-refractivity contribution is 0.0732. The number of aryl methyl sites for hydroxylation is 1. The van der Waals surface area contributed by atoms with Gasteiger partial charge in [0.25, 0.3) is 0 Å². The second-order valence-corrected chi connectivity index (χ2v) is 9.15. The van der Waals surface area contributed by atoms with Crippen molar-refractivity contribution < 1.29 is 23.4 Å². The highest BCUT2D eigenvalue weighted by molar-refractivity contribution is 6.30. The zero-order valence-corrected chi connectivity index (χ0v) is 21.9. The summed E-state index contributed by atoms with van der Waals surface area (Å²) in [7, 11) is 3.03. The summed E-state index contributed by atoms with van der Waals surface area (Å²) in [5.41, 5.74) is 2.43. The Balaban J connectivity index is 1.72. The fourth-order valence-electron chi connectivity index (χ4n) is 4.19. The lowest BCUT2D eigenvalue weighted by atomic mass is 10.0. The number of fused-ring (bicyclic) bond motifs is 1. The van der Waals surface area contributed by atoms with Crippen LogP contribution in [-0.2, 0) is 6.42 Å². The molecule has 0 spiro atoms. The van der Waals surface area contributed by atoms with Crippen LogP contribution >= 0.6 is 11.6 Å². The van der Waals surface area contributed by atoms with Gasteiger partial charge in [-0.2, -0.15) is 0 Å². The number of methoxy groups -OCH3 is 2. The highest BCUT2D eigenvalue weighted by atomic mass is 35.5. The largest absolute Gasteiger partial charge is 0.493 e. The molecule has 37 heavy (non-hydrogen) atoms. The Morgan fingerprint density at radius 2 is 1.65 bits per heavy atom. The van der Waals surface area contributed by atoms with Crippen LogP contribution in [0.1, 0.15) is 48.5 Å². The van der Waals surface area contributed by atoms with Gasteiger partial charge in [-0.05, 0) is 60.4 Å². The van der Waals surface area contributed by atoms with Gasteiger partial charge >= 0.3 is 5.97 Å². The number of esters is 1. The van der Waals surface area contributed by atoms with E-state index in [4.69, 9.17) is 30.2 Å². The number of hydrogen-bond acceptors (Lipinski definition) is 6. The van der Waals surface area contributed by atoms with Gasteiger partial charge in [0.05, 0.1) is 30.7 Å². The standard InChI is InChI=1S/C30H29ClO6/c1-4-5-6-7-8-20-15-23-27(36-18-24(29(23)32)19-9-12-22(31)13-10-19)17-26(20)37-30(33)21-11-14-25(34-2)28(16-21)35-3/h9-18H,4-8H2,1-3H3. The van der Waals surface area contributed by atoms with Gasteiger partial charge in [-0.1, -0.05) is 49.9 Å². The zero-order valence-electron chi connectivity index (χ0n) is 21.1. The molecular formula is C30H29ClO6. The Kier molecular flexibility index (Phi) is 8.51. The predicted octanol–water partition coefficient (Wildman–Crippen LogP) is 7.47. The van der Waals surface area contributed by atoms with Crippen molar-refractivity contribution in [1.29, 1.82) is 0 Å². The van der Waals surface area contributed by atoms with Gasteiger partial charge in [-0.25, -0.2) is 4.79 Å². The van der Waals surface area contributed by atoms with Crippen LogP contribution in [0.5, 0.6) is 17.2 Å². The summed E-state index contributed by atoms with van der Waals surface area (Å²) in [4.78, 5) is 26.5. The first-order valence-electron chi connectivity index (χ1n) is 12.2. The summed E-state index contributed by atoms with van der Waals surface area (Å²) < 4.78 is 22.2. The van der Waals surface area contributed by atoms with Crippen LogP contribution in [0.3, 0.4) is 0 Å². The summed E-state index contributed by atoms with van der Waals surface area (Å²) in [5.74, 6) is 0.761. The molecule has 1 aromatic heterocycles. The van der Waals surface area contributed by atoms with Crippen molar-refractivity contribution in [2.45, 2.75) is 39.0 Å². The average Bonchev–Trinajstić information content (AvgIpc) is 2.92. The smallest absolute Gasteiger partial charge is 0.343 e. The predicted molar refractivity (Wildman–Crippen MR) is 145 cm³/mol. The first-order chi connectivity index (χ1) is 17.9. The van der Waals surface area contributed by atoms with Gasteiger partial charge in [-0.3, -0.25) is 4.79 Å². The van der Waals surface area contributed by atoms with E-state index in [9.17, 15) is 9.59 Å². The van der Waals surface area contributed by atoms with Crippen LogP contribution in [0.25, 0.3) is 22.1 Å². The lowest BCUT2D eigenvalue weighted by Crippen LogP contribution is -2.11. The third kappa shape index (κ3) is 5.97. The lowest BCUT2D eigenvalue weighted by Gasteiger charge is -2.13. The number of ether oxygens (including phenoxy) is 3. The molecule has 0 atom stereocenters. The third-order valence-electron chi connectivity index (χ3n) is 6.23. The summed E-state index contributed by atoms with van der Waals surface area (Å²) in [5, 5.41) is 1.02. The summed E-state index contributed by atoms with van der Waals surface area (Å²) >= 11 is 6.00. The number of rotatable bonds is 10. The molecule has 4 rings (SSSR count). The van der Waals surface area contributed by atoms with Crippen molar-refractivity contribution in [2.75, 3.05) is 14.2 Å². The van der Waals surface area contributed by atoms with Gasteiger partial charge in [0.15, 0.2) is 11.5 Å². The van der Waals surface area contributed by atoms with E-state index in [2.05, 4.69) is 6.92 Å². The van der Waals surface area contributed by atoms with Gasteiger partial charge < -0.3 is 18.6 Å². The van der Waals surface area contributed by atoms with Crippen LogP contribution < -0.4 is 19.6 Å². The van der Waals surface area contributed by atoms with Crippen molar-refractivity contribution >= 4 is 28.5 Å². The molecule has 0 aliphatic heterocycles. The average molecular weight is 521 g/mol. The van der Waals surface area contributed by atoms with Gasteiger partial charge in [0, 0.05) is 11.1 Å². The molecule has 7 heteroatoms. The highest BCUT2D eigenvalue weighted by Gasteiger charge is 2.18. The quantitative estimate of drug-likeness (QED) is 0.123. The van der Waals surface area contributed by atoms with Crippen molar-refractivity contribution in [2.24, 2.45) is 0 Å². The normalized spacial score (nSPS) is 10.9. The summed E-state index contributed by atoms with van der Waals surface area (Å²) in [6.07, 6.45) is 6.24. The van der Waals surface area contributed by atoms with E-state index in [1.54, 1.807) is 54.6 Å². The molecule has 0 aliphatic rings. The van der Waals surface area contributed by atoms with Crippen LogP contribution in [0.15, 0.2) is 70.1 Å². The van der Waals surface area contributed by atoms with E-state index in [1.165, 1.54) is 20.5 Å². The Morgan fingerprint density at radius 1 is 0.892 bits per heavy atom. The number of benzene rings is 3. The van der Waals surface area contributed by atoms with E-state index < -0.39 is 5.97 Å². The maximum atomic E-state index is 13.4. The molecule has 0 saturated carbocycles. The van der Waals surface area contributed by atoms with Crippen molar-refractivity contribution in [1.82, 2.24) is 0 Å². The molecule has 0 aliphatic carbocycles. The molecule has 4 aromatic rings. The SMILES string of the molecule is CCCCCCc1cc2c(=O)c(-c3ccc(Cl)cc3)coc2cc1OC(=O)c1ccc(OC)c(OC)c1. The first-order valence-corrected chi connectivity index (χ1v) is 12.6. The van der Waals surface area contributed by atoms with Crippen LogP contribution in [0.2, 0.25) is 5.02 Å². The zero-order chi connectivity index (χ0) is 26.4. The number of hydrogen-bond donors (Lipinski definition) is 0. The second-order valence-electron chi connectivity index (χ2n) is 8.71. The van der Waals surface area contributed by atoms with Crippen molar-refractivity contribution in [3.05, 3.63) is 87.2 Å². The molecule has 0 fully saturated rings. The monoisotopic (exact) mass is 520 g/mol. The number of unbranched alkanes of at least 4 members (excludes halogenated alkanes) is 3. The molecule has 0 saturated heterocycles. The molecule has 3 aromatic carbocycles. The van der Waals surface area contributed by atoms with Crippen LogP contribution in [0.4, 0.5) is 0 Å². The fourth-order valence-corrected chi connectivity index (χ4v) is 4.31. The van der Waals surface area contributed by atoms with Crippen molar-refractivity contribution in [3.63, 3.8) is 0 Å². The number of carbonyl (C=O) groups is 1. The van der Waals surface area contributed by atoms with E-state index in [-0.39, 0.29) is 5.43 Å². The molecule has 0 unspecified atom stereocenters.